The van der Waals surface area contributed by atoms with Crippen molar-refractivity contribution in [2.75, 3.05) is 15.5 Å². The molecule has 0 saturated heterocycles. The van der Waals surface area contributed by atoms with E-state index in [9.17, 15) is 0 Å². The Bertz CT molecular complexity index is 2830. The molecule has 0 unspecified atom stereocenters. The average Bonchev–Trinajstić information content (AvgIpc) is 3.35. The SMILES string of the molecule is N=C1C(=N)C(c2ccc(N(c3ccccc3)c3ccccc3)cc2)=CC=C1c1ccc(N(c2ccccc2)c2ccccc2)cc1.Nc1nc(-c2ccccc2)nc2ccccc12. The van der Waals surface area contributed by atoms with Crippen molar-refractivity contribution in [2.45, 2.75) is 0 Å². The van der Waals surface area contributed by atoms with Crippen LogP contribution in [0.4, 0.5) is 39.9 Å². The Hall–Kier alpha value is -8.68. The number of fused-ring (bicyclic) bond motifs is 1. The predicted octanol–water partition coefficient (Wildman–Crippen LogP) is 14.0. The number of benzene rings is 8. The molecule has 1 aliphatic carbocycles. The van der Waals surface area contributed by atoms with E-state index in [1.165, 1.54) is 0 Å². The third-order valence-corrected chi connectivity index (χ3v) is 10.8. The van der Waals surface area contributed by atoms with Crippen LogP contribution in [0.3, 0.4) is 0 Å². The maximum atomic E-state index is 8.96. The molecule has 0 fully saturated rings. The topological polar surface area (TPSA) is 106 Å². The molecule has 1 aromatic heterocycles. The number of hydrogen-bond donors (Lipinski definition) is 3. The van der Waals surface area contributed by atoms with E-state index in [0.717, 1.165) is 72.9 Å². The van der Waals surface area contributed by atoms with E-state index >= 15 is 0 Å². The number of nitrogens with zero attached hydrogens (tertiary/aromatic N) is 4. The van der Waals surface area contributed by atoms with Crippen LogP contribution in [0, 0.1) is 10.8 Å². The molecule has 4 N–H and O–H groups in total. The van der Waals surface area contributed by atoms with Gasteiger partial charge in [-0.05, 0) is 96.1 Å². The molecule has 10 rings (SSSR count). The first-order valence-electron chi connectivity index (χ1n) is 20.7. The molecule has 0 amide bonds. The van der Waals surface area contributed by atoms with E-state index in [4.69, 9.17) is 16.6 Å². The van der Waals surface area contributed by atoms with E-state index in [0.29, 0.717) is 11.6 Å². The van der Waals surface area contributed by atoms with Gasteiger partial charge in [0, 0.05) is 56.2 Å². The van der Waals surface area contributed by atoms with Gasteiger partial charge in [-0.25, -0.2) is 9.97 Å². The molecule has 0 atom stereocenters. The highest BCUT2D eigenvalue weighted by Crippen LogP contribution is 2.38. The molecule has 8 aromatic carbocycles. The highest BCUT2D eigenvalue weighted by Gasteiger charge is 2.22. The standard InChI is InChI=1S/C42H32N4.C14H11N3/c43-41-39(31-21-25-37(26-22-31)45(33-13-5-1-6-14-33)34-15-7-2-8-16-34)29-30-40(42(41)44)32-23-27-38(28-24-32)46(35-17-9-3-10-18-35)36-19-11-4-12-20-36;15-13-11-8-4-5-9-12(11)16-14(17-13)10-6-2-1-3-7-10/h1-30,43-44H;1-9H,(H2,15,16,17). The predicted molar refractivity (Wildman–Crippen MR) is 263 cm³/mol. The Balaban J connectivity index is 0.000000247. The van der Waals surface area contributed by atoms with Crippen LogP contribution in [-0.4, -0.2) is 21.4 Å². The van der Waals surface area contributed by atoms with Crippen molar-refractivity contribution in [1.82, 2.24) is 9.97 Å². The van der Waals surface area contributed by atoms with Gasteiger partial charge in [-0.1, -0.05) is 152 Å². The monoisotopic (exact) mass is 813 g/mol. The molecule has 9 aromatic rings. The molecule has 63 heavy (non-hydrogen) atoms. The van der Waals surface area contributed by atoms with Crippen LogP contribution < -0.4 is 15.5 Å². The Morgan fingerprint density at radius 3 is 1.06 bits per heavy atom. The zero-order chi connectivity index (χ0) is 43.0. The summed E-state index contributed by atoms with van der Waals surface area (Å²) in [7, 11) is 0. The molecule has 0 bridgehead atoms. The first-order chi connectivity index (χ1) is 31.0. The second-order valence-corrected chi connectivity index (χ2v) is 14.8. The summed E-state index contributed by atoms with van der Waals surface area (Å²) in [4.78, 5) is 13.3. The van der Waals surface area contributed by atoms with Gasteiger partial charge in [0.05, 0.1) is 16.9 Å². The summed E-state index contributed by atoms with van der Waals surface area (Å²) in [5.74, 6) is 1.19. The number of hydrogen-bond acceptors (Lipinski definition) is 7. The molecule has 0 radical (unpaired) electrons. The second-order valence-electron chi connectivity index (χ2n) is 14.8. The summed E-state index contributed by atoms with van der Waals surface area (Å²) in [5.41, 5.74) is 17.9. The normalized spacial score (nSPS) is 12.1. The summed E-state index contributed by atoms with van der Waals surface area (Å²) in [6.45, 7) is 0. The molecule has 1 heterocycles. The van der Waals surface area contributed by atoms with Crippen molar-refractivity contribution in [2.24, 2.45) is 0 Å². The van der Waals surface area contributed by atoms with Crippen LogP contribution in [0.15, 0.2) is 237 Å². The summed E-state index contributed by atoms with van der Waals surface area (Å²) >= 11 is 0. The number of nitrogens with one attached hydrogen (secondary N) is 2. The third kappa shape index (κ3) is 8.66. The number of para-hydroxylation sites is 5. The van der Waals surface area contributed by atoms with Crippen molar-refractivity contribution in [1.29, 1.82) is 10.8 Å². The highest BCUT2D eigenvalue weighted by atomic mass is 15.1. The van der Waals surface area contributed by atoms with Crippen molar-refractivity contribution in [3.63, 3.8) is 0 Å². The molecule has 302 valence electrons. The van der Waals surface area contributed by atoms with E-state index in [-0.39, 0.29) is 11.4 Å². The number of nitrogen functional groups attached to an aromatic ring is 1. The smallest absolute Gasteiger partial charge is 0.162 e. The van der Waals surface area contributed by atoms with E-state index in [1.807, 2.05) is 164 Å². The van der Waals surface area contributed by atoms with Crippen LogP contribution in [0.2, 0.25) is 0 Å². The Labute approximate surface area is 367 Å². The third-order valence-electron chi connectivity index (χ3n) is 10.8. The van der Waals surface area contributed by atoms with Gasteiger partial charge in [-0.3, -0.25) is 10.8 Å². The van der Waals surface area contributed by atoms with Gasteiger partial charge in [0.2, 0.25) is 0 Å². The Morgan fingerprint density at radius 2 is 0.667 bits per heavy atom. The molecule has 0 spiro atoms. The number of allylic oxidation sites excluding steroid dienone is 4. The van der Waals surface area contributed by atoms with Crippen molar-refractivity contribution < 1.29 is 0 Å². The van der Waals surface area contributed by atoms with E-state index < -0.39 is 0 Å². The van der Waals surface area contributed by atoms with Gasteiger partial charge in [-0.15, -0.1) is 0 Å². The Kier molecular flexibility index (Phi) is 11.5. The number of rotatable bonds is 9. The van der Waals surface area contributed by atoms with Crippen LogP contribution in [-0.2, 0) is 0 Å². The van der Waals surface area contributed by atoms with Gasteiger partial charge in [0.25, 0.3) is 0 Å². The molecular weight excluding hydrogens is 771 g/mol. The fourth-order valence-electron chi connectivity index (χ4n) is 7.68. The van der Waals surface area contributed by atoms with Crippen LogP contribution in [0.5, 0.6) is 0 Å². The lowest BCUT2D eigenvalue weighted by molar-refractivity contribution is 1.23. The number of anilines is 7. The zero-order valence-corrected chi connectivity index (χ0v) is 34.4. The molecule has 7 heteroatoms. The summed E-state index contributed by atoms with van der Waals surface area (Å²) < 4.78 is 0. The van der Waals surface area contributed by atoms with Crippen LogP contribution in [0.1, 0.15) is 11.1 Å². The Morgan fingerprint density at radius 1 is 0.333 bits per heavy atom. The molecule has 0 aliphatic heterocycles. The van der Waals surface area contributed by atoms with Gasteiger partial charge >= 0.3 is 0 Å². The first kappa shape index (κ1) is 39.8. The fourth-order valence-corrected chi connectivity index (χ4v) is 7.68. The minimum Gasteiger partial charge on any atom is -0.383 e. The largest absolute Gasteiger partial charge is 0.383 e. The van der Waals surface area contributed by atoms with E-state index in [1.54, 1.807) is 0 Å². The van der Waals surface area contributed by atoms with Crippen LogP contribution in [0.25, 0.3) is 33.4 Å². The summed E-state index contributed by atoms with van der Waals surface area (Å²) in [5, 5.41) is 18.8. The van der Waals surface area contributed by atoms with Gasteiger partial charge < -0.3 is 15.5 Å². The lowest BCUT2D eigenvalue weighted by Gasteiger charge is -2.26. The summed E-state index contributed by atoms with van der Waals surface area (Å²) in [6.07, 6.45) is 3.93. The van der Waals surface area contributed by atoms with Gasteiger partial charge in [0.15, 0.2) is 5.82 Å². The quantitative estimate of drug-likeness (QED) is 0.126. The fraction of sp³-hybridized carbons (Fsp3) is 0. The average molecular weight is 814 g/mol. The zero-order valence-electron chi connectivity index (χ0n) is 34.4. The first-order valence-corrected chi connectivity index (χ1v) is 20.7. The van der Waals surface area contributed by atoms with E-state index in [2.05, 4.69) is 92.6 Å². The minimum atomic E-state index is 0.215. The van der Waals surface area contributed by atoms with Gasteiger partial charge in [0.1, 0.15) is 5.82 Å². The van der Waals surface area contributed by atoms with Crippen molar-refractivity contribution in [3.8, 4) is 11.4 Å². The maximum absolute atomic E-state index is 8.96. The van der Waals surface area contributed by atoms with Crippen LogP contribution >= 0.6 is 0 Å². The highest BCUT2D eigenvalue weighted by molar-refractivity contribution is 6.68. The lowest BCUT2D eigenvalue weighted by Crippen LogP contribution is -2.19. The summed E-state index contributed by atoms with van der Waals surface area (Å²) in [6, 6.07) is 75.3. The number of nitrogens with two attached hydrogens (primary N) is 1. The van der Waals surface area contributed by atoms with Crippen molar-refractivity contribution >= 4 is 73.4 Å². The van der Waals surface area contributed by atoms with Gasteiger partial charge in [-0.2, -0.15) is 0 Å². The second kappa shape index (κ2) is 18.3. The number of aromatic nitrogens is 2. The minimum absolute atomic E-state index is 0.215. The molecule has 7 nitrogen and oxygen atoms in total. The lowest BCUT2D eigenvalue weighted by atomic mass is 9.86. The van der Waals surface area contributed by atoms with Crippen molar-refractivity contribution in [3.05, 3.63) is 248 Å². The maximum Gasteiger partial charge on any atom is 0.162 e. The molecular formula is C56H43N7. The molecule has 1 aliphatic rings. The molecule has 0 saturated carbocycles.